The molecule has 0 aliphatic heterocycles. The van der Waals surface area contributed by atoms with Crippen LogP contribution in [0.3, 0.4) is 0 Å². The second-order valence-corrected chi connectivity index (χ2v) is 15.3. The molecule has 0 spiro atoms. The fourth-order valence-electron chi connectivity index (χ4n) is 8.78. The predicted molar refractivity (Wildman–Crippen MR) is 253 cm³/mol. The van der Waals surface area contributed by atoms with Crippen LogP contribution in [0.5, 0.6) is 0 Å². The Kier molecular flexibility index (Phi) is 8.87. The number of nitrogens with zero attached hydrogens (tertiary/aromatic N) is 1. The molecule has 0 bridgehead atoms. The van der Waals surface area contributed by atoms with Crippen LogP contribution < -0.4 is 4.90 Å². The molecule has 11 rings (SSSR count). The standard InChI is InChI=1S/C58H39NO/c1-4-16-40(17-5-1)46-33-37-56(54(39-46)44-20-8-3-9-21-44)59(55-28-14-23-42-22-10-11-24-48(42)55)47-34-30-41(31-35-47)45-32-36-49(53(38-45)43-18-6-2-7-19-43)51-26-15-27-52-50-25-12-13-29-57(50)60-58(51)52/h1-39H. The van der Waals surface area contributed by atoms with Crippen LogP contribution in [-0.4, -0.2) is 0 Å². The van der Waals surface area contributed by atoms with Crippen molar-refractivity contribution in [2.24, 2.45) is 0 Å². The van der Waals surface area contributed by atoms with Crippen molar-refractivity contribution in [3.05, 3.63) is 237 Å². The van der Waals surface area contributed by atoms with E-state index < -0.39 is 0 Å². The van der Waals surface area contributed by atoms with Crippen LogP contribution in [0.15, 0.2) is 241 Å². The molecule has 60 heavy (non-hydrogen) atoms. The largest absolute Gasteiger partial charge is 0.455 e. The zero-order valence-corrected chi connectivity index (χ0v) is 32.9. The number of furan rings is 1. The lowest BCUT2D eigenvalue weighted by atomic mass is 9.90. The van der Waals surface area contributed by atoms with Crippen molar-refractivity contribution >= 4 is 49.8 Å². The molecule has 0 fully saturated rings. The van der Waals surface area contributed by atoms with E-state index in [1.165, 1.54) is 27.5 Å². The highest BCUT2D eigenvalue weighted by molar-refractivity contribution is 6.11. The maximum atomic E-state index is 6.54. The minimum absolute atomic E-state index is 0.901. The summed E-state index contributed by atoms with van der Waals surface area (Å²) in [4.78, 5) is 2.43. The van der Waals surface area contributed by atoms with Gasteiger partial charge in [0.25, 0.3) is 0 Å². The molecule has 1 heterocycles. The fourth-order valence-corrected chi connectivity index (χ4v) is 8.78. The van der Waals surface area contributed by atoms with Crippen molar-refractivity contribution in [1.82, 2.24) is 0 Å². The summed E-state index contributed by atoms with van der Waals surface area (Å²) in [6.07, 6.45) is 0. The molecule has 2 heteroatoms. The first-order valence-corrected chi connectivity index (χ1v) is 20.5. The molecule has 0 saturated heterocycles. The summed E-state index contributed by atoms with van der Waals surface area (Å²) in [5.74, 6) is 0. The molecule has 282 valence electrons. The number of hydrogen-bond acceptors (Lipinski definition) is 2. The van der Waals surface area contributed by atoms with Crippen LogP contribution in [0, 0.1) is 0 Å². The first-order chi connectivity index (χ1) is 29.8. The van der Waals surface area contributed by atoms with Gasteiger partial charge in [0, 0.05) is 33.0 Å². The Morgan fingerprint density at radius 1 is 0.283 bits per heavy atom. The Balaban J connectivity index is 1.06. The molecule has 10 aromatic carbocycles. The molecule has 0 unspecified atom stereocenters. The second kappa shape index (κ2) is 15.1. The van der Waals surface area contributed by atoms with Crippen LogP contribution in [0.4, 0.5) is 17.1 Å². The van der Waals surface area contributed by atoms with E-state index in [0.29, 0.717) is 0 Å². The lowest BCUT2D eigenvalue weighted by molar-refractivity contribution is 0.670. The second-order valence-electron chi connectivity index (χ2n) is 15.3. The Bertz CT molecular complexity index is 3290. The van der Waals surface area contributed by atoms with E-state index >= 15 is 0 Å². The average Bonchev–Trinajstić information content (AvgIpc) is 3.72. The first-order valence-electron chi connectivity index (χ1n) is 20.5. The predicted octanol–water partition coefficient (Wildman–Crippen LogP) is 16.5. The van der Waals surface area contributed by atoms with Gasteiger partial charge in [-0.05, 0) is 92.4 Å². The molecule has 0 atom stereocenters. The van der Waals surface area contributed by atoms with Gasteiger partial charge in [0.2, 0.25) is 0 Å². The molecular formula is C58H39NO. The van der Waals surface area contributed by atoms with Crippen molar-refractivity contribution in [2.45, 2.75) is 0 Å². The van der Waals surface area contributed by atoms with E-state index in [1.807, 2.05) is 12.1 Å². The SMILES string of the molecule is c1ccc(-c2ccc(N(c3ccc(-c4ccc(-c5cccc6c5oc5ccccc56)c(-c5ccccc5)c4)cc3)c3cccc4ccccc34)c(-c3ccccc3)c2)cc1. The van der Waals surface area contributed by atoms with E-state index in [4.69, 9.17) is 4.42 Å². The molecule has 0 aliphatic carbocycles. The number of fused-ring (bicyclic) bond motifs is 4. The van der Waals surface area contributed by atoms with Gasteiger partial charge in [0.15, 0.2) is 0 Å². The van der Waals surface area contributed by atoms with Crippen LogP contribution >= 0.6 is 0 Å². The molecule has 0 radical (unpaired) electrons. The van der Waals surface area contributed by atoms with E-state index in [0.717, 1.165) is 77.9 Å². The van der Waals surface area contributed by atoms with Crippen molar-refractivity contribution in [2.75, 3.05) is 4.90 Å². The first kappa shape index (κ1) is 35.2. The van der Waals surface area contributed by atoms with Gasteiger partial charge < -0.3 is 9.32 Å². The van der Waals surface area contributed by atoms with E-state index in [-0.39, 0.29) is 0 Å². The van der Waals surface area contributed by atoms with Gasteiger partial charge in [-0.15, -0.1) is 0 Å². The molecule has 0 saturated carbocycles. The van der Waals surface area contributed by atoms with Gasteiger partial charge in [-0.2, -0.15) is 0 Å². The fraction of sp³-hybridized carbons (Fsp3) is 0. The molecule has 2 nitrogen and oxygen atoms in total. The highest BCUT2D eigenvalue weighted by Gasteiger charge is 2.21. The van der Waals surface area contributed by atoms with E-state index in [2.05, 4.69) is 229 Å². The van der Waals surface area contributed by atoms with Gasteiger partial charge >= 0.3 is 0 Å². The highest BCUT2D eigenvalue weighted by Crippen LogP contribution is 2.46. The normalized spacial score (nSPS) is 11.3. The summed E-state index contributed by atoms with van der Waals surface area (Å²) < 4.78 is 6.54. The van der Waals surface area contributed by atoms with Crippen LogP contribution in [-0.2, 0) is 0 Å². The number of para-hydroxylation sites is 2. The lowest BCUT2D eigenvalue weighted by Crippen LogP contribution is -2.12. The summed E-state index contributed by atoms with van der Waals surface area (Å²) >= 11 is 0. The summed E-state index contributed by atoms with van der Waals surface area (Å²) in [7, 11) is 0. The van der Waals surface area contributed by atoms with Gasteiger partial charge in [0.1, 0.15) is 11.2 Å². The average molecular weight is 766 g/mol. The van der Waals surface area contributed by atoms with Crippen molar-refractivity contribution in [3.8, 4) is 55.6 Å². The molecular weight excluding hydrogens is 727 g/mol. The third kappa shape index (κ3) is 6.32. The molecule has 1 aromatic heterocycles. The Morgan fingerprint density at radius 2 is 0.817 bits per heavy atom. The van der Waals surface area contributed by atoms with E-state index in [1.54, 1.807) is 0 Å². The van der Waals surface area contributed by atoms with Crippen molar-refractivity contribution in [3.63, 3.8) is 0 Å². The monoisotopic (exact) mass is 765 g/mol. The molecule has 0 amide bonds. The number of hydrogen-bond donors (Lipinski definition) is 0. The zero-order chi connectivity index (χ0) is 39.8. The summed E-state index contributed by atoms with van der Waals surface area (Å²) in [5.41, 5.74) is 16.7. The highest BCUT2D eigenvalue weighted by atomic mass is 16.3. The van der Waals surface area contributed by atoms with Crippen molar-refractivity contribution in [1.29, 1.82) is 0 Å². The third-order valence-corrected chi connectivity index (χ3v) is 11.7. The lowest BCUT2D eigenvalue weighted by Gasteiger charge is -2.29. The summed E-state index contributed by atoms with van der Waals surface area (Å²) in [5, 5.41) is 4.65. The molecule has 11 aromatic rings. The van der Waals surface area contributed by atoms with Gasteiger partial charge in [-0.1, -0.05) is 194 Å². The maximum absolute atomic E-state index is 6.54. The van der Waals surface area contributed by atoms with Gasteiger partial charge in [-0.3, -0.25) is 0 Å². The molecule has 0 N–H and O–H groups in total. The van der Waals surface area contributed by atoms with Crippen molar-refractivity contribution < 1.29 is 4.42 Å². The number of rotatable bonds is 8. The van der Waals surface area contributed by atoms with Crippen LogP contribution in [0.25, 0.3) is 88.3 Å². The maximum Gasteiger partial charge on any atom is 0.143 e. The van der Waals surface area contributed by atoms with Gasteiger partial charge in [-0.25, -0.2) is 0 Å². The number of anilines is 3. The van der Waals surface area contributed by atoms with Crippen LogP contribution in [0.2, 0.25) is 0 Å². The zero-order valence-electron chi connectivity index (χ0n) is 32.9. The summed E-state index contributed by atoms with van der Waals surface area (Å²) in [6, 6.07) is 84.9. The summed E-state index contributed by atoms with van der Waals surface area (Å²) in [6.45, 7) is 0. The topological polar surface area (TPSA) is 16.4 Å². The Hall–Kier alpha value is -7.94. The van der Waals surface area contributed by atoms with E-state index in [9.17, 15) is 0 Å². The smallest absolute Gasteiger partial charge is 0.143 e. The van der Waals surface area contributed by atoms with Gasteiger partial charge in [0.05, 0.1) is 11.4 Å². The minimum atomic E-state index is 0.901. The Morgan fingerprint density at radius 3 is 1.57 bits per heavy atom. The minimum Gasteiger partial charge on any atom is -0.455 e. The molecule has 0 aliphatic rings. The Labute approximate surface area is 349 Å². The number of benzene rings is 10. The third-order valence-electron chi connectivity index (χ3n) is 11.7. The quantitative estimate of drug-likeness (QED) is 0.153. The van der Waals surface area contributed by atoms with Crippen LogP contribution in [0.1, 0.15) is 0 Å².